The maximum Gasteiger partial charge on any atom is 0.255 e. The van der Waals surface area contributed by atoms with Crippen molar-refractivity contribution in [1.29, 1.82) is 0 Å². The van der Waals surface area contributed by atoms with Gasteiger partial charge in [-0.25, -0.2) is 60.1 Å². The fourth-order valence-electron chi connectivity index (χ4n) is 13.8. The third-order valence-corrected chi connectivity index (χ3v) is 22.4. The summed E-state index contributed by atoms with van der Waals surface area (Å²) < 4.78 is 156. The Kier molecular flexibility index (Phi) is 20.1. The molecule has 8 aromatic rings. The molecule has 0 saturated carbocycles. The molecule has 22 nitrogen and oxygen atoms in total. The number of nitrogens with zero attached hydrogens (tertiary/aromatic N) is 10. The van der Waals surface area contributed by atoms with Gasteiger partial charge in [0.15, 0.2) is 32.3 Å². The van der Waals surface area contributed by atoms with Crippen LogP contribution in [-0.2, 0) is 41.1 Å². The highest BCUT2D eigenvalue weighted by molar-refractivity contribution is 8.14. The van der Waals surface area contributed by atoms with E-state index in [1.165, 1.54) is 102 Å². The summed E-state index contributed by atoms with van der Waals surface area (Å²) in [4.78, 5) is 26.5. The molecule has 0 spiro atoms. The van der Waals surface area contributed by atoms with Crippen LogP contribution in [0, 0.1) is 91.0 Å². The fourth-order valence-corrected chi connectivity index (χ4v) is 17.8. The van der Waals surface area contributed by atoms with Gasteiger partial charge in [-0.05, 0) is 63.8 Å². The predicted molar refractivity (Wildman–Crippen MR) is 351 cm³/mol. The van der Waals surface area contributed by atoms with Crippen molar-refractivity contribution in [2.24, 2.45) is 66.6 Å². The van der Waals surface area contributed by atoms with Crippen molar-refractivity contribution in [3.05, 3.63) is 201 Å². The molecule has 0 aliphatic carbocycles. The third kappa shape index (κ3) is 14.2. The first-order chi connectivity index (χ1) is 47.5. The first-order valence-electron chi connectivity index (χ1n) is 31.2. The number of halogens is 8. The Balaban J connectivity index is 0.000000119. The molecule has 16 rings (SSSR count). The molecule has 8 aliphatic heterocycles. The minimum atomic E-state index is -0.974. The lowest BCUT2D eigenvalue weighted by Crippen LogP contribution is -2.48. The molecule has 12 atom stereocenters. The summed E-state index contributed by atoms with van der Waals surface area (Å²) >= 11 is 5.70. The van der Waals surface area contributed by atoms with E-state index in [2.05, 4.69) is 50.4 Å². The zero-order chi connectivity index (χ0) is 69.5. The molecule has 522 valence electrons. The topological polar surface area (TPSA) is 320 Å². The van der Waals surface area contributed by atoms with Gasteiger partial charge >= 0.3 is 0 Å². The molecule has 8 N–H and O–H groups in total. The second-order valence-electron chi connectivity index (χ2n) is 24.7. The highest BCUT2D eigenvalue weighted by Gasteiger charge is 2.55. The maximum absolute atomic E-state index is 14.5. The van der Waals surface area contributed by atoms with Crippen LogP contribution in [0.4, 0.5) is 35.1 Å². The van der Waals surface area contributed by atoms with Crippen LogP contribution in [0.3, 0.4) is 0 Å². The molecule has 99 heavy (non-hydrogen) atoms. The summed E-state index contributed by atoms with van der Waals surface area (Å²) in [6, 6.07) is 15.9. The van der Waals surface area contributed by atoms with Crippen molar-refractivity contribution in [3.63, 3.8) is 0 Å². The van der Waals surface area contributed by atoms with Crippen LogP contribution in [-0.4, -0.2) is 101 Å². The monoisotopic (exact) mass is 1450 g/mol. The smallest absolute Gasteiger partial charge is 0.255 e. The minimum absolute atomic E-state index is 0.0195. The summed E-state index contributed by atoms with van der Waals surface area (Å²) in [6.45, 7) is 5.77. The minimum Gasteiger partial charge on any atom is -0.446 e. The molecule has 0 amide bonds. The molecule has 4 aromatic carbocycles. The molecule has 4 aromatic heterocycles. The van der Waals surface area contributed by atoms with Crippen LogP contribution in [0.5, 0.6) is 0 Å². The summed E-state index contributed by atoms with van der Waals surface area (Å²) in [7, 11) is 0. The number of aromatic nitrogens is 6. The fraction of sp³-hybridized carbons (Fsp3) is 0.415. The van der Waals surface area contributed by atoms with Crippen LogP contribution in [0.15, 0.2) is 129 Å². The van der Waals surface area contributed by atoms with Crippen molar-refractivity contribution >= 4 is 67.7 Å². The molecule has 34 heteroatoms. The first-order valence-corrected chi connectivity index (χ1v) is 35.1. The lowest BCUT2D eigenvalue weighted by molar-refractivity contribution is -0.0715. The molecular weight excluding hydrogens is 1390 g/mol. The Morgan fingerprint density at radius 1 is 0.434 bits per heavy atom. The molecule has 4 fully saturated rings. The average molecular weight is 1450 g/mol. The van der Waals surface area contributed by atoms with E-state index in [9.17, 15) is 35.1 Å². The summed E-state index contributed by atoms with van der Waals surface area (Å²) in [6.07, 6.45) is 3.95. The van der Waals surface area contributed by atoms with Crippen LogP contribution >= 0.6 is 47.0 Å². The van der Waals surface area contributed by atoms with E-state index < -0.39 is 68.7 Å². The number of thioether (sulfide) groups is 4. The summed E-state index contributed by atoms with van der Waals surface area (Å²) in [5.41, 5.74) is 21.8. The number of hydrogen-bond acceptors (Lipinski definition) is 26. The van der Waals surface area contributed by atoms with E-state index in [0.717, 1.165) is 30.0 Å². The normalized spacial score (nSPS) is 29.3. The SMILES string of the molecule is Cc1cc([C@H]2C[C@H]3CSC(N)=N[C@@]3(c3ccc(F)cc3F)CO2)on1.Cc1nnc([C@H]2C[C@H]3CSC(N)=N[C@@]3(c3ccc(F)cc3F)CO2)o1.Cc1noc([C@H]2C[C@H]3CSC(N)=N[C@@]3(c3ccc(F)cc3F)CO2)n1.NC1=N[C@@]2(c3ccc(F)cc3F)CO[C@@H](c3ncco3)C[C@H]2CS1. The molecule has 8 aliphatic rings. The standard InChI is InChI=1S/C17H17F2N3O2S.2C16H16F2N4O2S.C16H15F2N3O2S/c1-9-4-15(24-22-9)14-5-10-7-25-16(20)21-17(10,8-23-14)12-3-2-11(18)6-13(12)19;1-8-21-22-14(24-8)13-4-9-6-25-15(19)20-16(9,7-23-13)11-3-2-10(17)5-12(11)18;1-8-20-14(24-22-8)13-4-9-6-25-15(19)21-16(9,7-23-13)11-3-2-10(17)5-12(11)18;17-10-1-2-11(12(18)6-10)16-8-23-13(14-20-3-4-22-14)5-9(16)7-24-15(19)21-16/h2-4,6,10,14H,5,7-8H2,1H3,(H2,20,21);2-3,5,9,13H,4,6-7H2,1H3,(H2,19,20);2-3,5,9,13H,4,6-7H2,1H3,(H2,19,21);1-4,6,9,13H,5,7-8H2,(H2,19,21)/t10-,14+,17-;3*9-,13+,16-/m0000/s1. The van der Waals surface area contributed by atoms with Gasteiger partial charge in [0.2, 0.25) is 17.7 Å². The molecule has 0 radical (unpaired) electrons. The van der Waals surface area contributed by atoms with E-state index in [1.54, 1.807) is 20.0 Å². The summed E-state index contributed by atoms with van der Waals surface area (Å²) in [5.74, 6) is 0.348. The number of aliphatic imine (C=N–C) groups is 4. The maximum atomic E-state index is 14.5. The van der Waals surface area contributed by atoms with E-state index in [1.807, 2.05) is 13.0 Å². The number of benzene rings is 4. The quantitative estimate of drug-likeness (QED) is 0.103. The predicted octanol–water partition coefficient (Wildman–Crippen LogP) is 11.7. The second kappa shape index (κ2) is 28.6. The Labute approximate surface area is 577 Å². The van der Waals surface area contributed by atoms with Crippen LogP contribution < -0.4 is 22.9 Å². The molecular formula is C65H64F8N14O8S4. The van der Waals surface area contributed by atoms with Gasteiger partial charge in [0.1, 0.15) is 99.4 Å². The molecule has 4 saturated heterocycles. The van der Waals surface area contributed by atoms with Crippen molar-refractivity contribution in [2.45, 2.75) is 93.0 Å². The highest BCUT2D eigenvalue weighted by atomic mass is 32.2. The molecule has 0 unspecified atom stereocenters. The van der Waals surface area contributed by atoms with Gasteiger partial charge in [-0.15, -0.1) is 10.2 Å². The third-order valence-electron chi connectivity index (χ3n) is 18.6. The van der Waals surface area contributed by atoms with E-state index in [0.29, 0.717) is 127 Å². The van der Waals surface area contributed by atoms with Gasteiger partial charge in [-0.3, -0.25) is 0 Å². The van der Waals surface area contributed by atoms with Gasteiger partial charge in [0, 0.05) is 106 Å². The van der Waals surface area contributed by atoms with Crippen LogP contribution in [0.25, 0.3) is 0 Å². The number of aryl methyl sites for hydroxylation is 3. The van der Waals surface area contributed by atoms with Gasteiger partial charge in [-0.1, -0.05) is 81.6 Å². The molecule has 0 bridgehead atoms. The van der Waals surface area contributed by atoms with Crippen molar-refractivity contribution in [1.82, 2.24) is 30.5 Å². The number of fused-ring (bicyclic) bond motifs is 4. The highest BCUT2D eigenvalue weighted by Crippen LogP contribution is 2.54. The number of nitrogens with two attached hydrogens (primary N) is 4. The van der Waals surface area contributed by atoms with Gasteiger partial charge in [-0.2, -0.15) is 4.98 Å². The molecule has 12 heterocycles. The van der Waals surface area contributed by atoms with E-state index in [-0.39, 0.29) is 74.5 Å². The number of oxazole rings is 1. The van der Waals surface area contributed by atoms with Crippen molar-refractivity contribution in [3.8, 4) is 0 Å². The van der Waals surface area contributed by atoms with Crippen molar-refractivity contribution < 1.29 is 72.0 Å². The second-order valence-corrected chi connectivity index (χ2v) is 28.9. The number of rotatable bonds is 8. The van der Waals surface area contributed by atoms with Crippen LogP contribution in [0.1, 0.15) is 113 Å². The Morgan fingerprint density at radius 3 is 1.13 bits per heavy atom. The van der Waals surface area contributed by atoms with Crippen molar-refractivity contribution in [2.75, 3.05) is 49.4 Å². The lowest BCUT2D eigenvalue weighted by atomic mass is 9.74. The number of hydrogen-bond donors (Lipinski definition) is 4. The van der Waals surface area contributed by atoms with Gasteiger partial charge in [0.25, 0.3) is 5.89 Å². The Bertz CT molecular complexity index is 4070. The Hall–Kier alpha value is -7.86. The zero-order valence-electron chi connectivity index (χ0n) is 53.0. The first kappa shape index (κ1) is 69.6. The zero-order valence-corrected chi connectivity index (χ0v) is 56.2. The van der Waals surface area contributed by atoms with Gasteiger partial charge < -0.3 is 59.8 Å². The largest absolute Gasteiger partial charge is 0.446 e. The number of amidine groups is 4. The lowest BCUT2D eigenvalue weighted by Gasteiger charge is -2.45. The summed E-state index contributed by atoms with van der Waals surface area (Å²) in [5, 5.41) is 17.0. The van der Waals surface area contributed by atoms with E-state index in [4.69, 9.17) is 59.8 Å². The van der Waals surface area contributed by atoms with Gasteiger partial charge in [0.05, 0.1) is 38.3 Å². The van der Waals surface area contributed by atoms with E-state index >= 15 is 0 Å². The number of ether oxygens (including phenoxy) is 4. The van der Waals surface area contributed by atoms with Crippen LogP contribution in [0.2, 0.25) is 0 Å². The Morgan fingerprint density at radius 2 is 0.808 bits per heavy atom. The average Bonchev–Trinajstić information content (AvgIpc) is 1.34.